The Balaban J connectivity index is 2.39. The van der Waals surface area contributed by atoms with E-state index < -0.39 is 11.5 Å². The van der Waals surface area contributed by atoms with E-state index >= 15 is 0 Å². The van der Waals surface area contributed by atoms with Crippen LogP contribution in [0.15, 0.2) is 42.5 Å². The highest BCUT2D eigenvalue weighted by Crippen LogP contribution is 2.39. The molecule has 0 saturated heterocycles. The number of benzene rings is 2. The van der Waals surface area contributed by atoms with Crippen molar-refractivity contribution in [3.8, 4) is 17.2 Å². The standard InChI is InChI=1S/C24H31NO5S/c1-7-21(31)25(3)24(8-2,18-12-10-9-11-13-18)16-30-23(26)17-14-19(27-4)22(29-6)20(15-17)28-5/h9-15H,7-8,16H2,1-6H3/t24-/m1/s1. The number of nitrogens with zero attached hydrogens (tertiary/aromatic N) is 1. The van der Waals surface area contributed by atoms with Gasteiger partial charge < -0.3 is 23.8 Å². The van der Waals surface area contributed by atoms with E-state index in [1.807, 2.05) is 49.2 Å². The Labute approximate surface area is 190 Å². The average molecular weight is 446 g/mol. The molecule has 0 fully saturated rings. The number of likely N-dealkylation sites (N-methyl/N-ethyl adjacent to an activating group) is 1. The van der Waals surface area contributed by atoms with E-state index in [2.05, 4.69) is 6.92 Å². The molecule has 0 aliphatic heterocycles. The summed E-state index contributed by atoms with van der Waals surface area (Å²) in [7, 11) is 6.48. The van der Waals surface area contributed by atoms with Gasteiger partial charge in [0, 0.05) is 7.05 Å². The predicted molar refractivity (Wildman–Crippen MR) is 125 cm³/mol. The molecule has 0 amide bonds. The molecule has 0 aromatic heterocycles. The van der Waals surface area contributed by atoms with Crippen molar-refractivity contribution in [2.24, 2.45) is 0 Å². The van der Waals surface area contributed by atoms with Crippen LogP contribution in [-0.2, 0) is 10.3 Å². The van der Waals surface area contributed by atoms with Crippen LogP contribution in [0.5, 0.6) is 17.2 Å². The third kappa shape index (κ3) is 5.10. The minimum atomic E-state index is -0.579. The number of carbonyl (C=O) groups excluding carboxylic acids is 1. The fourth-order valence-electron chi connectivity index (χ4n) is 3.61. The molecule has 0 aliphatic carbocycles. The smallest absolute Gasteiger partial charge is 0.338 e. The molecule has 0 aliphatic rings. The zero-order valence-corrected chi connectivity index (χ0v) is 19.9. The molecule has 6 nitrogen and oxygen atoms in total. The molecule has 0 spiro atoms. The first-order chi connectivity index (χ1) is 14.9. The van der Waals surface area contributed by atoms with Crippen LogP contribution in [0.3, 0.4) is 0 Å². The Bertz CT molecular complexity index is 877. The first-order valence-electron chi connectivity index (χ1n) is 10.2. The van der Waals surface area contributed by atoms with Gasteiger partial charge in [0.25, 0.3) is 0 Å². The quantitative estimate of drug-likeness (QED) is 0.383. The van der Waals surface area contributed by atoms with Crippen LogP contribution in [0.25, 0.3) is 0 Å². The van der Waals surface area contributed by atoms with E-state index in [1.54, 1.807) is 12.1 Å². The number of thiocarbonyl (C=S) groups is 1. The fraction of sp³-hybridized carbons (Fsp3) is 0.417. The third-order valence-electron chi connectivity index (χ3n) is 5.56. The van der Waals surface area contributed by atoms with Crippen LogP contribution < -0.4 is 14.2 Å². The van der Waals surface area contributed by atoms with E-state index in [9.17, 15) is 4.79 Å². The number of rotatable bonds is 10. The average Bonchev–Trinajstić information content (AvgIpc) is 2.83. The van der Waals surface area contributed by atoms with Crippen molar-refractivity contribution < 1.29 is 23.7 Å². The second kappa shape index (κ2) is 11.0. The summed E-state index contributed by atoms with van der Waals surface area (Å²) in [5.41, 5.74) is 0.770. The molecular weight excluding hydrogens is 414 g/mol. The monoisotopic (exact) mass is 445 g/mol. The minimum Gasteiger partial charge on any atom is -0.493 e. The number of ether oxygens (including phenoxy) is 4. The molecule has 2 rings (SSSR count). The van der Waals surface area contributed by atoms with E-state index in [1.165, 1.54) is 21.3 Å². The van der Waals surface area contributed by atoms with Crippen LogP contribution in [0.4, 0.5) is 0 Å². The van der Waals surface area contributed by atoms with Gasteiger partial charge in [-0.05, 0) is 30.5 Å². The minimum absolute atomic E-state index is 0.139. The largest absolute Gasteiger partial charge is 0.493 e. The van der Waals surface area contributed by atoms with Gasteiger partial charge in [0.1, 0.15) is 6.61 Å². The van der Waals surface area contributed by atoms with Gasteiger partial charge in [0.2, 0.25) is 5.75 Å². The van der Waals surface area contributed by atoms with E-state index in [-0.39, 0.29) is 6.61 Å². The molecule has 168 valence electrons. The number of esters is 1. The molecule has 2 aromatic carbocycles. The van der Waals surface area contributed by atoms with Gasteiger partial charge in [-0.15, -0.1) is 0 Å². The lowest BCUT2D eigenvalue weighted by Crippen LogP contribution is -2.49. The molecule has 0 heterocycles. The summed E-state index contributed by atoms with van der Waals surface area (Å²) in [6.07, 6.45) is 1.43. The summed E-state index contributed by atoms with van der Waals surface area (Å²) < 4.78 is 21.9. The summed E-state index contributed by atoms with van der Waals surface area (Å²) in [6, 6.07) is 13.1. The van der Waals surface area contributed by atoms with Crippen molar-refractivity contribution in [2.75, 3.05) is 35.0 Å². The number of methoxy groups -OCH3 is 3. The highest BCUT2D eigenvalue weighted by molar-refractivity contribution is 7.80. The van der Waals surface area contributed by atoms with Gasteiger partial charge in [-0.3, -0.25) is 0 Å². The topological polar surface area (TPSA) is 57.2 Å². The number of hydrogen-bond acceptors (Lipinski definition) is 6. The Kier molecular flexibility index (Phi) is 8.68. The lowest BCUT2D eigenvalue weighted by molar-refractivity contribution is 0.0216. The second-order valence-electron chi connectivity index (χ2n) is 7.05. The van der Waals surface area contributed by atoms with Crippen LogP contribution in [-0.4, -0.2) is 50.8 Å². The zero-order valence-electron chi connectivity index (χ0n) is 19.1. The van der Waals surface area contributed by atoms with Crippen molar-refractivity contribution in [3.63, 3.8) is 0 Å². The van der Waals surface area contributed by atoms with Crippen LogP contribution >= 0.6 is 12.2 Å². The molecule has 0 N–H and O–H groups in total. The Morgan fingerprint density at radius 2 is 1.58 bits per heavy atom. The van der Waals surface area contributed by atoms with Gasteiger partial charge in [0.05, 0.1) is 37.4 Å². The molecule has 0 saturated carbocycles. The summed E-state index contributed by atoms with van der Waals surface area (Å²) in [4.78, 5) is 15.9. The normalized spacial score (nSPS) is 12.5. The third-order valence-corrected chi connectivity index (χ3v) is 6.12. The Hall–Kier alpha value is -2.80. The summed E-state index contributed by atoms with van der Waals surface area (Å²) in [6.45, 7) is 4.22. The molecule has 0 radical (unpaired) electrons. The van der Waals surface area contributed by atoms with Gasteiger partial charge in [-0.1, -0.05) is 56.4 Å². The lowest BCUT2D eigenvalue weighted by atomic mass is 9.86. The fourth-order valence-corrected chi connectivity index (χ4v) is 3.78. The molecule has 2 aromatic rings. The first-order valence-corrected chi connectivity index (χ1v) is 10.6. The van der Waals surface area contributed by atoms with Crippen molar-refractivity contribution in [1.82, 2.24) is 4.90 Å². The van der Waals surface area contributed by atoms with E-state index in [0.717, 1.165) is 17.0 Å². The number of carbonyl (C=O) groups is 1. The molecule has 0 unspecified atom stereocenters. The summed E-state index contributed by atoms with van der Waals surface area (Å²) in [5.74, 6) is 0.719. The van der Waals surface area contributed by atoms with Crippen molar-refractivity contribution in [1.29, 1.82) is 0 Å². The highest BCUT2D eigenvalue weighted by atomic mass is 32.1. The molecule has 0 bridgehead atoms. The molecule has 7 heteroatoms. The maximum absolute atomic E-state index is 13.0. The van der Waals surface area contributed by atoms with Crippen molar-refractivity contribution >= 4 is 23.2 Å². The second-order valence-corrected chi connectivity index (χ2v) is 7.52. The molecule has 31 heavy (non-hydrogen) atoms. The highest BCUT2D eigenvalue weighted by Gasteiger charge is 2.37. The van der Waals surface area contributed by atoms with E-state index in [0.29, 0.717) is 29.2 Å². The number of hydrogen-bond donors (Lipinski definition) is 0. The SMILES string of the molecule is CCC(=S)N(C)[C@](CC)(COC(=O)c1cc(OC)c(OC)c(OC)c1)c1ccccc1. The van der Waals surface area contributed by atoms with E-state index in [4.69, 9.17) is 31.2 Å². The van der Waals surface area contributed by atoms with Crippen LogP contribution in [0.1, 0.15) is 42.6 Å². The van der Waals surface area contributed by atoms with Gasteiger partial charge in [-0.25, -0.2) is 4.79 Å². The maximum atomic E-state index is 13.0. The lowest BCUT2D eigenvalue weighted by Gasteiger charge is -2.42. The zero-order chi connectivity index (χ0) is 23.0. The molecular formula is C24H31NO5S. The van der Waals surface area contributed by atoms with Gasteiger partial charge in [-0.2, -0.15) is 0 Å². The van der Waals surface area contributed by atoms with Crippen molar-refractivity contribution in [3.05, 3.63) is 53.6 Å². The van der Waals surface area contributed by atoms with Crippen LogP contribution in [0.2, 0.25) is 0 Å². The Morgan fingerprint density at radius 3 is 2.03 bits per heavy atom. The van der Waals surface area contributed by atoms with Gasteiger partial charge in [0.15, 0.2) is 11.5 Å². The van der Waals surface area contributed by atoms with Crippen LogP contribution in [0, 0.1) is 0 Å². The molecule has 1 atom stereocenters. The first kappa shape index (κ1) is 24.5. The summed E-state index contributed by atoms with van der Waals surface area (Å²) >= 11 is 5.60. The van der Waals surface area contributed by atoms with Gasteiger partial charge >= 0.3 is 5.97 Å². The van der Waals surface area contributed by atoms with Crippen molar-refractivity contribution in [2.45, 2.75) is 32.2 Å². The predicted octanol–water partition coefficient (Wildman–Crippen LogP) is 4.84. The Morgan fingerprint density at radius 1 is 1.00 bits per heavy atom. The summed E-state index contributed by atoms with van der Waals surface area (Å²) in [5, 5.41) is 0. The maximum Gasteiger partial charge on any atom is 0.338 e.